The van der Waals surface area contributed by atoms with E-state index in [-0.39, 0.29) is 5.91 Å². The normalized spacial score (nSPS) is 12.2. The van der Waals surface area contributed by atoms with Crippen molar-refractivity contribution in [2.45, 2.75) is 56.9 Å². The molecule has 0 aromatic heterocycles. The van der Waals surface area contributed by atoms with Crippen LogP contribution in [0.15, 0.2) is 73.3 Å². The smallest absolute Gasteiger partial charge is 0.240 e. The zero-order chi connectivity index (χ0) is 21.1. The number of unbranched alkanes of at least 4 members (excludes halogenated alkanes) is 4. The Balaban J connectivity index is 2.15. The van der Waals surface area contributed by atoms with Crippen LogP contribution in [0.3, 0.4) is 0 Å². The number of amides is 2. The summed E-state index contributed by atoms with van der Waals surface area (Å²) in [6, 6.07) is 18.6. The summed E-state index contributed by atoms with van der Waals surface area (Å²) in [5, 5.41) is 2.93. The van der Waals surface area contributed by atoms with E-state index >= 15 is 0 Å². The van der Waals surface area contributed by atoms with Crippen LogP contribution >= 0.6 is 0 Å². The molecule has 2 rings (SSSR count). The summed E-state index contributed by atoms with van der Waals surface area (Å²) in [5.41, 5.74) is 6.43. The molecule has 3 N–H and O–H groups in total. The molecular weight excluding hydrogens is 360 g/mol. The second-order valence-electron chi connectivity index (χ2n) is 7.57. The average molecular weight is 393 g/mol. The highest BCUT2D eigenvalue weighted by molar-refractivity contribution is 5.95. The van der Waals surface area contributed by atoms with Crippen molar-refractivity contribution in [3.63, 3.8) is 0 Å². The Bertz CT molecular complexity index is 747. The Labute approximate surface area is 174 Å². The molecule has 2 aromatic carbocycles. The van der Waals surface area contributed by atoms with Gasteiger partial charge >= 0.3 is 0 Å². The van der Waals surface area contributed by atoms with Gasteiger partial charge in [-0.1, -0.05) is 86.0 Å². The van der Waals surface area contributed by atoms with Crippen molar-refractivity contribution in [2.75, 3.05) is 0 Å². The topological polar surface area (TPSA) is 72.2 Å². The van der Waals surface area contributed by atoms with Crippen molar-refractivity contribution >= 4 is 11.8 Å². The number of primary amides is 1. The molecule has 4 heteroatoms. The number of benzene rings is 2. The van der Waals surface area contributed by atoms with E-state index in [2.05, 4.69) is 11.9 Å². The third-order valence-electron chi connectivity index (χ3n) is 5.46. The zero-order valence-electron chi connectivity index (χ0n) is 17.3. The van der Waals surface area contributed by atoms with Crippen LogP contribution in [0.2, 0.25) is 0 Å². The molecule has 154 valence electrons. The Morgan fingerprint density at radius 2 is 1.48 bits per heavy atom. The van der Waals surface area contributed by atoms with E-state index in [0.717, 1.165) is 43.2 Å². The van der Waals surface area contributed by atoms with E-state index in [9.17, 15) is 9.59 Å². The minimum atomic E-state index is -0.916. The SMILES string of the molecule is C=CCCCCCC[C@@H](NC(=O)C(C)(c1ccccc1)c1ccccc1)C(N)=O. The van der Waals surface area contributed by atoms with Gasteiger partial charge in [0.15, 0.2) is 0 Å². The van der Waals surface area contributed by atoms with Gasteiger partial charge in [0.25, 0.3) is 0 Å². The lowest BCUT2D eigenvalue weighted by Gasteiger charge is -2.31. The van der Waals surface area contributed by atoms with Gasteiger partial charge in [0, 0.05) is 0 Å². The van der Waals surface area contributed by atoms with Crippen molar-refractivity contribution in [2.24, 2.45) is 5.73 Å². The Morgan fingerprint density at radius 1 is 0.966 bits per heavy atom. The van der Waals surface area contributed by atoms with Crippen molar-refractivity contribution in [3.05, 3.63) is 84.4 Å². The summed E-state index contributed by atoms with van der Waals surface area (Å²) in [5.74, 6) is -0.710. The number of carbonyl (C=O) groups excluding carboxylic acids is 2. The maximum atomic E-state index is 13.4. The quantitative estimate of drug-likeness (QED) is 0.413. The molecule has 4 nitrogen and oxygen atoms in total. The summed E-state index contributed by atoms with van der Waals surface area (Å²) < 4.78 is 0. The monoisotopic (exact) mass is 392 g/mol. The largest absolute Gasteiger partial charge is 0.368 e. The minimum absolute atomic E-state index is 0.217. The molecule has 2 aromatic rings. The third kappa shape index (κ3) is 6.05. The lowest BCUT2D eigenvalue weighted by molar-refractivity contribution is -0.130. The van der Waals surface area contributed by atoms with Crippen molar-refractivity contribution in [1.82, 2.24) is 5.32 Å². The van der Waals surface area contributed by atoms with Gasteiger partial charge in [0.1, 0.15) is 6.04 Å². The number of allylic oxidation sites excluding steroid dienone is 1. The number of nitrogens with two attached hydrogens (primary N) is 1. The van der Waals surface area contributed by atoms with Crippen LogP contribution in [0.1, 0.15) is 56.6 Å². The average Bonchev–Trinajstić information content (AvgIpc) is 2.75. The predicted molar refractivity (Wildman–Crippen MR) is 118 cm³/mol. The molecular formula is C25H32N2O2. The van der Waals surface area contributed by atoms with Gasteiger partial charge in [-0.2, -0.15) is 0 Å². The van der Waals surface area contributed by atoms with Gasteiger partial charge in [0.05, 0.1) is 5.41 Å². The number of nitrogens with one attached hydrogen (secondary N) is 1. The van der Waals surface area contributed by atoms with Crippen LogP contribution in [0.25, 0.3) is 0 Å². The van der Waals surface area contributed by atoms with Crippen LogP contribution in [-0.4, -0.2) is 17.9 Å². The fourth-order valence-corrected chi connectivity index (χ4v) is 3.55. The molecule has 0 aliphatic carbocycles. The first-order valence-electron chi connectivity index (χ1n) is 10.3. The number of hydrogen-bond acceptors (Lipinski definition) is 2. The van der Waals surface area contributed by atoms with E-state index in [4.69, 9.17) is 5.73 Å². The molecule has 2 amide bonds. The van der Waals surface area contributed by atoms with Crippen molar-refractivity contribution < 1.29 is 9.59 Å². The maximum absolute atomic E-state index is 13.4. The lowest BCUT2D eigenvalue weighted by Crippen LogP contribution is -2.51. The van der Waals surface area contributed by atoms with Gasteiger partial charge in [0.2, 0.25) is 11.8 Å². The molecule has 0 radical (unpaired) electrons. The second kappa shape index (κ2) is 11.2. The highest BCUT2D eigenvalue weighted by Gasteiger charge is 2.38. The fourth-order valence-electron chi connectivity index (χ4n) is 3.55. The minimum Gasteiger partial charge on any atom is -0.368 e. The van der Waals surface area contributed by atoms with Crippen molar-refractivity contribution in [3.8, 4) is 0 Å². The standard InChI is InChI=1S/C25H32N2O2/c1-3-4-5-6-7-14-19-22(23(26)28)27-24(29)25(2,20-15-10-8-11-16-20)21-17-12-9-13-18-21/h3,8-13,15-18,22H,1,4-7,14,19H2,2H3,(H2,26,28)(H,27,29)/t22-/m1/s1. The molecule has 0 unspecified atom stereocenters. The Kier molecular flexibility index (Phi) is 8.66. The predicted octanol–water partition coefficient (Wildman–Crippen LogP) is 4.49. The fraction of sp³-hybridized carbons (Fsp3) is 0.360. The van der Waals surface area contributed by atoms with Gasteiger partial charge < -0.3 is 11.1 Å². The van der Waals surface area contributed by atoms with Crippen molar-refractivity contribution in [1.29, 1.82) is 0 Å². The summed E-state index contributed by atoms with van der Waals surface area (Å²) >= 11 is 0. The highest BCUT2D eigenvalue weighted by atomic mass is 16.2. The van der Waals surface area contributed by atoms with Gasteiger partial charge in [-0.25, -0.2) is 0 Å². The van der Waals surface area contributed by atoms with Gasteiger partial charge in [-0.3, -0.25) is 9.59 Å². The molecule has 0 aliphatic heterocycles. The number of rotatable bonds is 12. The molecule has 0 aliphatic rings. The first kappa shape index (κ1) is 22.4. The first-order valence-corrected chi connectivity index (χ1v) is 10.3. The molecule has 0 heterocycles. The molecule has 0 bridgehead atoms. The van der Waals surface area contributed by atoms with Crippen LogP contribution in [0.4, 0.5) is 0 Å². The summed E-state index contributed by atoms with van der Waals surface area (Å²) in [6.45, 7) is 5.62. The lowest BCUT2D eigenvalue weighted by atomic mass is 9.75. The zero-order valence-corrected chi connectivity index (χ0v) is 17.3. The number of hydrogen-bond donors (Lipinski definition) is 2. The summed E-state index contributed by atoms with van der Waals surface area (Å²) in [6.07, 6.45) is 7.49. The summed E-state index contributed by atoms with van der Waals surface area (Å²) in [4.78, 5) is 25.4. The molecule has 0 fully saturated rings. The van der Waals surface area contributed by atoms with Crippen LogP contribution in [0.5, 0.6) is 0 Å². The van der Waals surface area contributed by atoms with Crippen LogP contribution in [0, 0.1) is 0 Å². The Morgan fingerprint density at radius 3 is 1.97 bits per heavy atom. The molecule has 1 atom stereocenters. The van der Waals surface area contributed by atoms with Crippen LogP contribution < -0.4 is 11.1 Å². The molecule has 0 saturated carbocycles. The van der Waals surface area contributed by atoms with E-state index in [1.54, 1.807) is 0 Å². The third-order valence-corrected chi connectivity index (χ3v) is 5.46. The van der Waals surface area contributed by atoms with Crippen LogP contribution in [-0.2, 0) is 15.0 Å². The van der Waals surface area contributed by atoms with E-state index in [1.807, 2.05) is 73.7 Å². The summed E-state index contributed by atoms with van der Waals surface area (Å²) in [7, 11) is 0. The molecule has 0 saturated heterocycles. The first-order chi connectivity index (χ1) is 14.0. The second-order valence-corrected chi connectivity index (χ2v) is 7.57. The number of carbonyl (C=O) groups is 2. The maximum Gasteiger partial charge on any atom is 0.240 e. The van der Waals surface area contributed by atoms with E-state index < -0.39 is 17.4 Å². The van der Waals surface area contributed by atoms with E-state index in [1.165, 1.54) is 0 Å². The van der Waals surface area contributed by atoms with Gasteiger partial charge in [-0.05, 0) is 37.3 Å². The Hall–Kier alpha value is -2.88. The van der Waals surface area contributed by atoms with E-state index in [0.29, 0.717) is 6.42 Å². The highest BCUT2D eigenvalue weighted by Crippen LogP contribution is 2.32. The molecule has 29 heavy (non-hydrogen) atoms. The van der Waals surface area contributed by atoms with Gasteiger partial charge in [-0.15, -0.1) is 6.58 Å². The molecule has 0 spiro atoms.